The maximum Gasteiger partial charge on any atom is 0.335 e. The van der Waals surface area contributed by atoms with Crippen LogP contribution in [0.3, 0.4) is 0 Å². The summed E-state index contributed by atoms with van der Waals surface area (Å²) in [5.74, 6) is -0.441. The molecule has 0 amide bonds. The number of benzene rings is 1. The van der Waals surface area contributed by atoms with Crippen molar-refractivity contribution in [2.75, 3.05) is 0 Å². The van der Waals surface area contributed by atoms with Crippen LogP contribution in [0.5, 0.6) is 11.6 Å². The molecule has 0 bridgehead atoms. The van der Waals surface area contributed by atoms with Gasteiger partial charge in [-0.1, -0.05) is 6.07 Å². The number of ether oxygens (including phenoxy) is 1. The fourth-order valence-corrected chi connectivity index (χ4v) is 1.65. The summed E-state index contributed by atoms with van der Waals surface area (Å²) in [5.41, 5.74) is 0.953. The van der Waals surface area contributed by atoms with Crippen molar-refractivity contribution in [3.05, 3.63) is 48.5 Å². The summed E-state index contributed by atoms with van der Waals surface area (Å²) < 4.78 is 5.57. The predicted octanol–water partition coefficient (Wildman–Crippen LogP) is 1.91. The molecule has 0 aliphatic rings. The molecular formula is C13H8N4O3. The Morgan fingerprint density at radius 3 is 2.80 bits per heavy atom. The van der Waals surface area contributed by atoms with Crippen LogP contribution in [0, 0.1) is 0 Å². The molecule has 0 spiro atoms. The molecule has 1 N–H and O–H groups in total. The number of aromatic carboxylic acids is 1. The van der Waals surface area contributed by atoms with Gasteiger partial charge in [0.05, 0.1) is 5.56 Å². The van der Waals surface area contributed by atoms with Gasteiger partial charge in [0.2, 0.25) is 0 Å². The fourth-order valence-electron chi connectivity index (χ4n) is 1.65. The molecule has 1 aromatic carbocycles. The van der Waals surface area contributed by atoms with Gasteiger partial charge in [-0.2, -0.15) is 4.98 Å². The molecule has 2 aromatic heterocycles. The number of carboxylic acid groups (broad SMARTS) is 1. The molecule has 7 nitrogen and oxygen atoms in total. The first-order chi connectivity index (χ1) is 9.74. The zero-order chi connectivity index (χ0) is 13.9. The second kappa shape index (κ2) is 4.88. The van der Waals surface area contributed by atoms with Gasteiger partial charge < -0.3 is 9.84 Å². The molecule has 20 heavy (non-hydrogen) atoms. The lowest BCUT2D eigenvalue weighted by Gasteiger charge is -2.06. The Labute approximate surface area is 112 Å². The van der Waals surface area contributed by atoms with Crippen LogP contribution in [0.1, 0.15) is 10.4 Å². The molecule has 0 fully saturated rings. The second-order valence-corrected chi connectivity index (χ2v) is 3.84. The summed E-state index contributed by atoms with van der Waals surface area (Å²) in [6.07, 6.45) is 4.34. The molecule has 3 aromatic rings. The van der Waals surface area contributed by atoms with Crippen molar-refractivity contribution in [3.8, 4) is 11.6 Å². The van der Waals surface area contributed by atoms with E-state index in [2.05, 4.69) is 19.9 Å². The van der Waals surface area contributed by atoms with E-state index < -0.39 is 5.97 Å². The van der Waals surface area contributed by atoms with Gasteiger partial charge in [-0.15, -0.1) is 0 Å². The quantitative estimate of drug-likeness (QED) is 0.774. The molecule has 0 aliphatic heterocycles. The maximum atomic E-state index is 10.9. The van der Waals surface area contributed by atoms with E-state index in [4.69, 9.17) is 9.84 Å². The number of rotatable bonds is 3. The van der Waals surface area contributed by atoms with Crippen LogP contribution in [0.2, 0.25) is 0 Å². The van der Waals surface area contributed by atoms with E-state index in [9.17, 15) is 4.79 Å². The Balaban J connectivity index is 2.01. The van der Waals surface area contributed by atoms with Crippen molar-refractivity contribution in [1.82, 2.24) is 19.9 Å². The van der Waals surface area contributed by atoms with Gasteiger partial charge in [0.15, 0.2) is 11.2 Å². The number of hydrogen-bond donors (Lipinski definition) is 1. The van der Waals surface area contributed by atoms with E-state index in [1.165, 1.54) is 30.9 Å². The highest BCUT2D eigenvalue weighted by molar-refractivity contribution is 5.88. The monoisotopic (exact) mass is 268 g/mol. The Morgan fingerprint density at radius 1 is 1.10 bits per heavy atom. The van der Waals surface area contributed by atoms with E-state index in [1.807, 2.05) is 0 Å². The van der Waals surface area contributed by atoms with Gasteiger partial charge in [0, 0.05) is 12.4 Å². The molecule has 0 radical (unpaired) electrons. The molecule has 0 unspecified atom stereocenters. The van der Waals surface area contributed by atoms with Gasteiger partial charge in [-0.05, 0) is 18.2 Å². The molecular weight excluding hydrogens is 260 g/mol. The molecule has 3 rings (SSSR count). The van der Waals surface area contributed by atoms with E-state index >= 15 is 0 Å². The second-order valence-electron chi connectivity index (χ2n) is 3.84. The number of hydrogen-bond acceptors (Lipinski definition) is 6. The van der Waals surface area contributed by atoms with Gasteiger partial charge in [-0.25, -0.2) is 19.7 Å². The summed E-state index contributed by atoms with van der Waals surface area (Å²) in [4.78, 5) is 27.0. The zero-order valence-electron chi connectivity index (χ0n) is 10.1. The van der Waals surface area contributed by atoms with Crippen LogP contribution < -0.4 is 4.74 Å². The van der Waals surface area contributed by atoms with Crippen LogP contribution in [-0.2, 0) is 0 Å². The molecule has 0 saturated heterocycles. The average Bonchev–Trinajstić information content (AvgIpc) is 2.48. The van der Waals surface area contributed by atoms with Crippen molar-refractivity contribution in [2.45, 2.75) is 0 Å². The Kier molecular flexibility index (Phi) is 2.92. The zero-order valence-corrected chi connectivity index (χ0v) is 10.1. The lowest BCUT2D eigenvalue weighted by molar-refractivity contribution is 0.0696. The minimum atomic E-state index is -1.03. The molecule has 0 atom stereocenters. The molecule has 0 saturated carbocycles. The smallest absolute Gasteiger partial charge is 0.335 e. The van der Waals surface area contributed by atoms with Crippen molar-refractivity contribution in [1.29, 1.82) is 0 Å². The summed E-state index contributed by atoms with van der Waals surface area (Å²) in [7, 11) is 0. The first-order valence-corrected chi connectivity index (χ1v) is 5.67. The standard InChI is InChI=1S/C13H8N4O3/c18-13(19)8-2-1-3-9(6-8)20-12-10-11(16-7-17-12)15-5-4-14-10/h1-7H,(H,18,19). The molecule has 0 aliphatic carbocycles. The summed E-state index contributed by atoms with van der Waals surface area (Å²) in [6.45, 7) is 0. The van der Waals surface area contributed by atoms with Crippen molar-refractivity contribution in [3.63, 3.8) is 0 Å². The van der Waals surface area contributed by atoms with Crippen LogP contribution in [0.15, 0.2) is 43.0 Å². The number of fused-ring (bicyclic) bond motifs is 1. The highest BCUT2D eigenvalue weighted by Crippen LogP contribution is 2.24. The van der Waals surface area contributed by atoms with E-state index in [0.29, 0.717) is 16.9 Å². The third-order valence-electron chi connectivity index (χ3n) is 2.53. The Morgan fingerprint density at radius 2 is 1.95 bits per heavy atom. The largest absolute Gasteiger partial charge is 0.478 e. The summed E-state index contributed by atoms with van der Waals surface area (Å²) in [6, 6.07) is 6.12. The minimum absolute atomic E-state index is 0.131. The van der Waals surface area contributed by atoms with Gasteiger partial charge in [0.1, 0.15) is 12.1 Å². The van der Waals surface area contributed by atoms with E-state index in [1.54, 1.807) is 12.1 Å². The Bertz CT molecular complexity index is 786. The third kappa shape index (κ3) is 2.24. The SMILES string of the molecule is O=C(O)c1cccc(Oc2ncnc3nccnc23)c1. The first-order valence-electron chi connectivity index (χ1n) is 5.67. The normalized spacial score (nSPS) is 10.4. The van der Waals surface area contributed by atoms with Crippen molar-refractivity contribution < 1.29 is 14.6 Å². The Hall–Kier alpha value is -3.09. The lowest BCUT2D eigenvalue weighted by Crippen LogP contribution is -1.98. The van der Waals surface area contributed by atoms with E-state index in [0.717, 1.165) is 0 Å². The summed E-state index contributed by atoms with van der Waals surface area (Å²) >= 11 is 0. The highest BCUT2D eigenvalue weighted by atomic mass is 16.5. The topological polar surface area (TPSA) is 98.1 Å². The predicted molar refractivity (Wildman–Crippen MR) is 68.6 cm³/mol. The van der Waals surface area contributed by atoms with Crippen LogP contribution in [-0.4, -0.2) is 31.0 Å². The third-order valence-corrected chi connectivity index (χ3v) is 2.53. The van der Waals surface area contributed by atoms with Gasteiger partial charge in [0.25, 0.3) is 5.88 Å². The van der Waals surface area contributed by atoms with Gasteiger partial charge in [-0.3, -0.25) is 0 Å². The lowest BCUT2D eigenvalue weighted by atomic mass is 10.2. The van der Waals surface area contributed by atoms with Crippen molar-refractivity contribution >= 4 is 17.1 Å². The maximum absolute atomic E-state index is 10.9. The average molecular weight is 268 g/mol. The number of carboxylic acids is 1. The summed E-state index contributed by atoms with van der Waals surface area (Å²) in [5, 5.41) is 8.94. The molecule has 7 heteroatoms. The van der Waals surface area contributed by atoms with Crippen LogP contribution in [0.4, 0.5) is 0 Å². The van der Waals surface area contributed by atoms with Crippen molar-refractivity contribution in [2.24, 2.45) is 0 Å². The van der Waals surface area contributed by atoms with E-state index in [-0.39, 0.29) is 11.4 Å². The number of nitrogens with zero attached hydrogens (tertiary/aromatic N) is 4. The minimum Gasteiger partial charge on any atom is -0.478 e. The number of carbonyl (C=O) groups is 1. The first kappa shape index (κ1) is 12.0. The van der Waals surface area contributed by atoms with Crippen LogP contribution in [0.25, 0.3) is 11.2 Å². The molecule has 98 valence electrons. The molecule has 2 heterocycles. The number of aromatic nitrogens is 4. The highest BCUT2D eigenvalue weighted by Gasteiger charge is 2.09. The fraction of sp³-hybridized carbons (Fsp3) is 0. The van der Waals surface area contributed by atoms with Gasteiger partial charge >= 0.3 is 5.97 Å². The van der Waals surface area contributed by atoms with Crippen LogP contribution >= 0.6 is 0 Å².